The average Bonchev–Trinajstić information content (AvgIpc) is 2.29. The molecule has 0 saturated carbocycles. The number of nitrogens with one attached hydrogen (secondary N) is 1. The number of aryl methyl sites for hydroxylation is 1. The van der Waals surface area contributed by atoms with Gasteiger partial charge in [-0.25, -0.2) is 9.59 Å². The Morgan fingerprint density at radius 3 is 2.35 bits per heavy atom. The van der Waals surface area contributed by atoms with Gasteiger partial charge in [-0.3, -0.25) is 5.32 Å². The minimum atomic E-state index is -0.585. The Balaban J connectivity index is 3.01. The summed E-state index contributed by atoms with van der Waals surface area (Å²) in [6.45, 7) is 7.15. The number of rotatable bonds is 2. The maximum Gasteiger partial charge on any atom is 0.412 e. The number of esters is 1. The quantitative estimate of drug-likeness (QED) is 0.827. The van der Waals surface area contributed by atoms with Crippen molar-refractivity contribution in [3.8, 4) is 0 Å². The molecule has 0 heterocycles. The molecule has 0 spiro atoms. The first-order valence-electron chi connectivity index (χ1n) is 6.02. The number of anilines is 1. The van der Waals surface area contributed by atoms with E-state index in [1.54, 1.807) is 32.9 Å². The first-order chi connectivity index (χ1) is 9.14. The number of hydrogen-bond donors (Lipinski definition) is 1. The van der Waals surface area contributed by atoms with Gasteiger partial charge in [0.05, 0.1) is 12.7 Å². The lowest BCUT2D eigenvalue weighted by Crippen LogP contribution is -2.27. The molecule has 0 atom stereocenters. The Kier molecular flexibility index (Phi) is 5.16. The molecule has 0 saturated heterocycles. The van der Waals surface area contributed by atoms with Crippen molar-refractivity contribution in [2.24, 2.45) is 0 Å². The van der Waals surface area contributed by atoms with Crippen LogP contribution in [0.4, 0.5) is 10.5 Å². The van der Waals surface area contributed by atoms with E-state index in [1.165, 1.54) is 7.11 Å². The highest BCUT2D eigenvalue weighted by Gasteiger charge is 2.18. The summed E-state index contributed by atoms with van der Waals surface area (Å²) in [5.74, 6) is -0.482. The molecule has 1 amide bonds. The first-order valence-corrected chi connectivity index (χ1v) is 6.82. The highest BCUT2D eigenvalue weighted by atomic mass is 79.9. The van der Waals surface area contributed by atoms with Crippen LogP contribution >= 0.6 is 15.9 Å². The van der Waals surface area contributed by atoms with Gasteiger partial charge in [0.1, 0.15) is 5.60 Å². The normalized spacial score (nSPS) is 10.9. The number of methoxy groups -OCH3 is 1. The topological polar surface area (TPSA) is 64.6 Å². The first kappa shape index (κ1) is 16.5. The van der Waals surface area contributed by atoms with Crippen LogP contribution in [0.5, 0.6) is 0 Å². The minimum Gasteiger partial charge on any atom is -0.465 e. The van der Waals surface area contributed by atoms with E-state index in [0.717, 1.165) is 5.56 Å². The molecule has 0 unspecified atom stereocenters. The van der Waals surface area contributed by atoms with Crippen LogP contribution in [0.15, 0.2) is 16.6 Å². The summed E-state index contributed by atoms with van der Waals surface area (Å²) in [5.41, 5.74) is 1.06. The van der Waals surface area contributed by atoms with E-state index in [0.29, 0.717) is 15.7 Å². The second kappa shape index (κ2) is 6.26. The van der Waals surface area contributed by atoms with E-state index >= 15 is 0 Å². The predicted octanol–water partition coefficient (Wildman–Crippen LogP) is 3.89. The Morgan fingerprint density at radius 2 is 1.85 bits per heavy atom. The lowest BCUT2D eigenvalue weighted by Gasteiger charge is -2.20. The Bertz CT molecular complexity index is 535. The van der Waals surface area contributed by atoms with Crippen LogP contribution in [0, 0.1) is 6.92 Å². The zero-order chi connectivity index (χ0) is 15.5. The van der Waals surface area contributed by atoms with Crippen LogP contribution in [0.25, 0.3) is 0 Å². The van der Waals surface area contributed by atoms with Gasteiger partial charge in [-0.2, -0.15) is 0 Å². The Labute approximate surface area is 126 Å². The van der Waals surface area contributed by atoms with Crippen molar-refractivity contribution < 1.29 is 19.1 Å². The third-order valence-corrected chi connectivity index (χ3v) is 3.01. The summed E-state index contributed by atoms with van der Waals surface area (Å²) in [6.07, 6.45) is -0.571. The number of benzene rings is 1. The van der Waals surface area contributed by atoms with Gasteiger partial charge >= 0.3 is 12.1 Å². The molecular formula is C14H18BrNO4. The summed E-state index contributed by atoms with van der Waals surface area (Å²) in [5, 5.41) is 2.62. The molecule has 0 aromatic heterocycles. The highest BCUT2D eigenvalue weighted by Crippen LogP contribution is 2.26. The van der Waals surface area contributed by atoms with Crippen molar-refractivity contribution in [1.29, 1.82) is 0 Å². The second-order valence-corrected chi connectivity index (χ2v) is 6.12. The second-order valence-electron chi connectivity index (χ2n) is 5.27. The van der Waals surface area contributed by atoms with Crippen LogP contribution in [0.1, 0.15) is 36.7 Å². The fourth-order valence-corrected chi connectivity index (χ4v) is 2.11. The number of ether oxygens (including phenoxy) is 2. The molecule has 1 aromatic carbocycles. The zero-order valence-corrected chi connectivity index (χ0v) is 13.8. The largest absolute Gasteiger partial charge is 0.465 e. The predicted molar refractivity (Wildman–Crippen MR) is 80.1 cm³/mol. The van der Waals surface area contributed by atoms with Gasteiger partial charge in [0.2, 0.25) is 0 Å². The fraction of sp³-hybridized carbons (Fsp3) is 0.429. The molecule has 0 radical (unpaired) electrons. The summed E-state index contributed by atoms with van der Waals surface area (Å²) in [7, 11) is 1.30. The third kappa shape index (κ3) is 4.52. The van der Waals surface area contributed by atoms with E-state index in [1.807, 2.05) is 6.92 Å². The van der Waals surface area contributed by atoms with E-state index < -0.39 is 17.7 Å². The van der Waals surface area contributed by atoms with Crippen LogP contribution < -0.4 is 5.32 Å². The molecule has 0 aliphatic rings. The third-order valence-electron chi connectivity index (χ3n) is 2.35. The number of amides is 1. The number of hydrogen-bond acceptors (Lipinski definition) is 4. The number of halogens is 1. The van der Waals surface area contributed by atoms with Crippen LogP contribution in [0.2, 0.25) is 0 Å². The molecular weight excluding hydrogens is 326 g/mol. The maximum absolute atomic E-state index is 11.8. The summed E-state index contributed by atoms with van der Waals surface area (Å²) in [4.78, 5) is 23.4. The van der Waals surface area contributed by atoms with Crippen molar-refractivity contribution in [2.45, 2.75) is 33.3 Å². The smallest absolute Gasteiger partial charge is 0.412 e. The summed E-state index contributed by atoms with van der Waals surface area (Å²) >= 11 is 3.29. The van der Waals surface area contributed by atoms with Gasteiger partial charge in [-0.15, -0.1) is 0 Å². The zero-order valence-electron chi connectivity index (χ0n) is 12.2. The molecule has 20 heavy (non-hydrogen) atoms. The van der Waals surface area contributed by atoms with Crippen molar-refractivity contribution in [3.05, 3.63) is 27.7 Å². The monoisotopic (exact) mass is 343 g/mol. The molecule has 0 aliphatic heterocycles. The molecule has 1 N–H and O–H groups in total. The molecule has 0 bridgehead atoms. The van der Waals surface area contributed by atoms with Crippen molar-refractivity contribution in [1.82, 2.24) is 0 Å². The van der Waals surface area contributed by atoms with Gasteiger partial charge in [0, 0.05) is 10.2 Å². The summed E-state index contributed by atoms with van der Waals surface area (Å²) in [6, 6.07) is 3.29. The van der Waals surface area contributed by atoms with Crippen molar-refractivity contribution in [2.75, 3.05) is 12.4 Å². The van der Waals surface area contributed by atoms with E-state index in [9.17, 15) is 9.59 Å². The molecule has 110 valence electrons. The Hall–Kier alpha value is -1.56. The van der Waals surface area contributed by atoms with Gasteiger partial charge in [-0.05, 0) is 61.3 Å². The molecule has 5 nitrogen and oxygen atoms in total. The van der Waals surface area contributed by atoms with Gasteiger partial charge in [0.25, 0.3) is 0 Å². The minimum absolute atomic E-state index is 0.337. The maximum atomic E-state index is 11.8. The highest BCUT2D eigenvalue weighted by molar-refractivity contribution is 9.10. The molecule has 1 aromatic rings. The van der Waals surface area contributed by atoms with E-state index in [-0.39, 0.29) is 0 Å². The molecule has 1 rings (SSSR count). The number of carbonyl (C=O) groups excluding carboxylic acids is 2. The number of carbonyl (C=O) groups is 2. The lowest BCUT2D eigenvalue weighted by molar-refractivity contribution is 0.0595. The fourth-order valence-electron chi connectivity index (χ4n) is 1.49. The van der Waals surface area contributed by atoms with Crippen LogP contribution in [-0.2, 0) is 9.47 Å². The van der Waals surface area contributed by atoms with E-state index in [2.05, 4.69) is 26.0 Å². The van der Waals surface area contributed by atoms with Gasteiger partial charge in [0.15, 0.2) is 0 Å². The van der Waals surface area contributed by atoms with Gasteiger partial charge in [-0.1, -0.05) is 0 Å². The molecule has 0 aliphatic carbocycles. The summed E-state index contributed by atoms with van der Waals surface area (Å²) < 4.78 is 10.5. The van der Waals surface area contributed by atoms with Gasteiger partial charge < -0.3 is 9.47 Å². The van der Waals surface area contributed by atoms with E-state index in [4.69, 9.17) is 4.74 Å². The van der Waals surface area contributed by atoms with Crippen molar-refractivity contribution in [3.63, 3.8) is 0 Å². The van der Waals surface area contributed by atoms with Crippen LogP contribution in [-0.4, -0.2) is 24.8 Å². The Morgan fingerprint density at radius 1 is 1.25 bits per heavy atom. The standard InChI is InChI=1S/C14H18BrNO4/c1-8-6-10(15)9(12(17)19-5)7-11(8)16-13(18)20-14(2,3)4/h6-7H,1-5H3,(H,16,18). The lowest BCUT2D eigenvalue weighted by atomic mass is 10.1. The molecule has 0 fully saturated rings. The van der Waals surface area contributed by atoms with Crippen molar-refractivity contribution >= 4 is 33.7 Å². The SMILES string of the molecule is COC(=O)c1cc(NC(=O)OC(C)(C)C)c(C)cc1Br. The molecule has 6 heteroatoms. The average molecular weight is 344 g/mol. The van der Waals surface area contributed by atoms with Crippen LogP contribution in [0.3, 0.4) is 0 Å².